The summed E-state index contributed by atoms with van der Waals surface area (Å²) in [6, 6.07) is 2.22. The Hall–Kier alpha value is -1.54. The molecule has 19 heavy (non-hydrogen) atoms. The minimum Gasteiger partial charge on any atom is -0.406 e. The molecule has 0 unspecified atom stereocenters. The van der Waals surface area contributed by atoms with Crippen LogP contribution in [0.3, 0.4) is 0 Å². The van der Waals surface area contributed by atoms with Gasteiger partial charge in [0.25, 0.3) is 0 Å². The van der Waals surface area contributed by atoms with E-state index in [9.17, 15) is 8.78 Å². The normalized spacial score (nSPS) is 10.7. The van der Waals surface area contributed by atoms with Crippen molar-refractivity contribution >= 4 is 27.6 Å². The van der Waals surface area contributed by atoms with Gasteiger partial charge >= 0.3 is 6.01 Å². The molecule has 0 radical (unpaired) electrons. The molecule has 1 heterocycles. The van der Waals surface area contributed by atoms with Crippen LogP contribution in [0, 0.1) is 11.6 Å². The maximum absolute atomic E-state index is 13.6. The van der Waals surface area contributed by atoms with E-state index in [1.54, 1.807) is 0 Å². The average molecular weight is 333 g/mol. The van der Waals surface area contributed by atoms with Gasteiger partial charge in [0, 0.05) is 4.47 Å². The van der Waals surface area contributed by atoms with E-state index < -0.39 is 11.6 Å². The first-order chi connectivity index (χ1) is 9.10. The minimum atomic E-state index is -0.752. The molecule has 0 aliphatic carbocycles. The molecular weight excluding hydrogens is 322 g/mol. The van der Waals surface area contributed by atoms with Gasteiger partial charge in [-0.2, -0.15) is 0 Å². The molecule has 0 aliphatic heterocycles. The molecule has 0 saturated carbocycles. The van der Waals surface area contributed by atoms with Gasteiger partial charge in [0.1, 0.15) is 5.69 Å². The van der Waals surface area contributed by atoms with Gasteiger partial charge in [0.15, 0.2) is 11.6 Å². The summed E-state index contributed by atoms with van der Waals surface area (Å²) in [5.41, 5.74) is -0.332. The van der Waals surface area contributed by atoms with Crippen molar-refractivity contribution < 1.29 is 13.2 Å². The monoisotopic (exact) mass is 332 g/mol. The lowest BCUT2D eigenvalue weighted by Gasteiger charge is -2.05. The zero-order chi connectivity index (χ0) is 13.8. The number of rotatable bonds is 5. The van der Waals surface area contributed by atoms with Gasteiger partial charge in [-0.1, -0.05) is 28.0 Å². The van der Waals surface area contributed by atoms with Crippen molar-refractivity contribution in [3.63, 3.8) is 0 Å². The van der Waals surface area contributed by atoms with Crippen molar-refractivity contribution in [1.29, 1.82) is 0 Å². The number of benzene rings is 1. The molecule has 0 fully saturated rings. The van der Waals surface area contributed by atoms with Gasteiger partial charge in [-0.15, -0.1) is 5.10 Å². The minimum absolute atomic E-state index is 0.0620. The topological polar surface area (TPSA) is 63.0 Å². The van der Waals surface area contributed by atoms with E-state index in [-0.39, 0.29) is 11.7 Å². The molecule has 8 heteroatoms. The quantitative estimate of drug-likeness (QED) is 0.881. The summed E-state index contributed by atoms with van der Waals surface area (Å²) in [7, 11) is 0. The number of hydrogen-bond acceptors (Lipinski definition) is 5. The van der Waals surface area contributed by atoms with Crippen LogP contribution in [0.4, 0.5) is 20.5 Å². The molecule has 0 bridgehead atoms. The van der Waals surface area contributed by atoms with Crippen LogP contribution >= 0.6 is 15.9 Å². The van der Waals surface area contributed by atoms with Crippen molar-refractivity contribution in [2.24, 2.45) is 0 Å². The van der Waals surface area contributed by atoms with Gasteiger partial charge in [-0.05, 0) is 18.7 Å². The van der Waals surface area contributed by atoms with E-state index in [0.29, 0.717) is 16.9 Å². The number of halogens is 3. The molecule has 0 aliphatic rings. The van der Waals surface area contributed by atoms with E-state index in [2.05, 4.69) is 36.8 Å². The molecule has 1 aromatic carbocycles. The maximum atomic E-state index is 13.6. The molecule has 0 saturated heterocycles. The lowest BCUT2D eigenvalue weighted by atomic mass is 10.3. The van der Waals surface area contributed by atoms with Gasteiger partial charge < -0.3 is 15.1 Å². The second kappa shape index (κ2) is 6.07. The van der Waals surface area contributed by atoms with Crippen molar-refractivity contribution in [3.05, 3.63) is 34.1 Å². The number of nitrogens with zero attached hydrogens (tertiary/aromatic N) is 2. The SMILES string of the molecule is CCNCc1nnc(Nc2c(F)cc(Br)cc2F)o1. The van der Waals surface area contributed by atoms with Gasteiger partial charge in [-0.3, -0.25) is 0 Å². The van der Waals surface area contributed by atoms with E-state index in [0.717, 1.165) is 18.7 Å². The fraction of sp³-hybridized carbons (Fsp3) is 0.273. The Morgan fingerprint density at radius 3 is 2.58 bits per heavy atom. The van der Waals surface area contributed by atoms with Gasteiger partial charge in [0.2, 0.25) is 5.89 Å². The Bertz CT molecular complexity index is 553. The van der Waals surface area contributed by atoms with Gasteiger partial charge in [-0.25, -0.2) is 8.78 Å². The summed E-state index contributed by atoms with van der Waals surface area (Å²) < 4.78 is 32.6. The van der Waals surface area contributed by atoms with Crippen molar-refractivity contribution in [1.82, 2.24) is 15.5 Å². The van der Waals surface area contributed by atoms with Crippen molar-refractivity contribution in [3.8, 4) is 0 Å². The molecule has 5 nitrogen and oxygen atoms in total. The largest absolute Gasteiger partial charge is 0.406 e. The van der Waals surface area contributed by atoms with Crippen LogP contribution in [0.5, 0.6) is 0 Å². The molecule has 1 aromatic heterocycles. The Labute approximate surface area is 116 Å². The van der Waals surface area contributed by atoms with Crippen molar-refractivity contribution in [2.75, 3.05) is 11.9 Å². The van der Waals surface area contributed by atoms with E-state index in [1.165, 1.54) is 0 Å². The third kappa shape index (κ3) is 3.48. The molecule has 2 N–H and O–H groups in total. The lowest BCUT2D eigenvalue weighted by Crippen LogP contribution is -2.11. The highest BCUT2D eigenvalue weighted by molar-refractivity contribution is 9.10. The van der Waals surface area contributed by atoms with E-state index in [4.69, 9.17) is 4.42 Å². The molecule has 0 amide bonds. The predicted molar refractivity (Wildman–Crippen MR) is 69.0 cm³/mol. The highest BCUT2D eigenvalue weighted by Gasteiger charge is 2.14. The third-order valence-electron chi connectivity index (χ3n) is 2.23. The number of anilines is 2. The second-order valence-corrected chi connectivity index (χ2v) is 4.57. The Morgan fingerprint density at radius 1 is 1.26 bits per heavy atom. The summed E-state index contributed by atoms with van der Waals surface area (Å²) in [6.45, 7) is 3.08. The van der Waals surface area contributed by atoms with Crippen LogP contribution in [0.15, 0.2) is 21.0 Å². The van der Waals surface area contributed by atoms with Crippen LogP contribution < -0.4 is 10.6 Å². The summed E-state index contributed by atoms with van der Waals surface area (Å²) in [5.74, 6) is -1.17. The molecule has 0 atom stereocenters. The first kappa shape index (κ1) is 13.9. The first-order valence-electron chi connectivity index (χ1n) is 5.54. The van der Waals surface area contributed by atoms with Crippen LogP contribution in [0.1, 0.15) is 12.8 Å². The molecule has 2 aromatic rings. The summed E-state index contributed by atoms with van der Waals surface area (Å²) in [5, 5.41) is 12.8. The van der Waals surface area contributed by atoms with Crippen LogP contribution in [0.25, 0.3) is 0 Å². The zero-order valence-electron chi connectivity index (χ0n) is 10.0. The Morgan fingerprint density at radius 2 is 1.95 bits per heavy atom. The Balaban J connectivity index is 2.15. The molecule has 0 spiro atoms. The van der Waals surface area contributed by atoms with Crippen LogP contribution in [-0.4, -0.2) is 16.7 Å². The lowest BCUT2D eigenvalue weighted by molar-refractivity contribution is 0.483. The fourth-order valence-electron chi connectivity index (χ4n) is 1.38. The zero-order valence-corrected chi connectivity index (χ0v) is 11.6. The van der Waals surface area contributed by atoms with Crippen LogP contribution in [0.2, 0.25) is 0 Å². The van der Waals surface area contributed by atoms with E-state index in [1.807, 2.05) is 6.92 Å². The maximum Gasteiger partial charge on any atom is 0.320 e. The Kier molecular flexibility index (Phi) is 4.43. The number of aromatic nitrogens is 2. The van der Waals surface area contributed by atoms with Crippen molar-refractivity contribution in [2.45, 2.75) is 13.5 Å². The molecule has 2 rings (SSSR count). The smallest absolute Gasteiger partial charge is 0.320 e. The fourth-order valence-corrected chi connectivity index (χ4v) is 1.78. The predicted octanol–water partition coefficient (Wildman–Crippen LogP) is 2.96. The van der Waals surface area contributed by atoms with E-state index >= 15 is 0 Å². The highest BCUT2D eigenvalue weighted by Crippen LogP contribution is 2.26. The highest BCUT2D eigenvalue weighted by atomic mass is 79.9. The number of hydrogen-bond donors (Lipinski definition) is 2. The summed E-state index contributed by atoms with van der Waals surface area (Å²) in [6.07, 6.45) is 0. The third-order valence-corrected chi connectivity index (χ3v) is 2.69. The summed E-state index contributed by atoms with van der Waals surface area (Å²) in [4.78, 5) is 0. The molecule has 102 valence electrons. The summed E-state index contributed by atoms with van der Waals surface area (Å²) >= 11 is 3.00. The second-order valence-electron chi connectivity index (χ2n) is 3.65. The number of nitrogens with one attached hydrogen (secondary N) is 2. The first-order valence-corrected chi connectivity index (χ1v) is 6.34. The van der Waals surface area contributed by atoms with Gasteiger partial charge in [0.05, 0.1) is 6.54 Å². The molecular formula is C11H11BrF2N4O. The average Bonchev–Trinajstić information content (AvgIpc) is 2.79. The van der Waals surface area contributed by atoms with Crippen LogP contribution in [-0.2, 0) is 6.54 Å². The standard InChI is InChI=1S/C11H11BrF2N4O/c1-2-15-5-9-17-18-11(19-9)16-10-7(13)3-6(12)4-8(10)14/h3-4,15H,2,5H2,1H3,(H,16,18).